The average Bonchev–Trinajstić information content (AvgIpc) is 2.16. The maximum absolute atomic E-state index is 9.89. The fraction of sp³-hybridized carbons (Fsp3) is 0.250. The second-order valence-electron chi connectivity index (χ2n) is 2.58. The molecule has 0 aromatic heterocycles. The number of aliphatic hydroxyl groups is 1. The lowest BCUT2D eigenvalue weighted by Crippen LogP contribution is -2.01. The molecule has 0 heterocycles. The van der Waals surface area contributed by atoms with Crippen LogP contribution in [-0.2, 0) is 18.1 Å². The summed E-state index contributed by atoms with van der Waals surface area (Å²) in [5.74, 6) is -0.170. The van der Waals surface area contributed by atoms with E-state index in [0.717, 1.165) is 0 Å². The van der Waals surface area contributed by atoms with Crippen molar-refractivity contribution in [2.45, 2.75) is 13.2 Å². The number of hydrogen-bond donors (Lipinski definition) is 2. The van der Waals surface area contributed by atoms with Gasteiger partial charge in [-0.05, 0) is 0 Å². The summed E-state index contributed by atoms with van der Waals surface area (Å²) < 4.78 is 0. The summed E-state index contributed by atoms with van der Waals surface area (Å²) in [7, 11) is 0. The van der Waals surface area contributed by atoms with Crippen LogP contribution in [0.4, 0.5) is 0 Å². The molecule has 0 saturated carbocycles. The molecule has 0 atom stereocenters. The van der Waals surface area contributed by atoms with Crippen LogP contribution >= 0.6 is 0 Å². The largest absolute Gasteiger partial charge is 0.507 e. The smallest absolute Gasteiger partial charge is 0.294 e. The molecule has 0 unspecified atom stereocenters. The molecular formula is C8H9NO5. The maximum atomic E-state index is 9.89. The first-order valence-electron chi connectivity index (χ1n) is 3.83. The molecule has 1 rings (SSSR count). The highest BCUT2D eigenvalue weighted by molar-refractivity contribution is 5.39. The van der Waals surface area contributed by atoms with Crippen LogP contribution in [0.15, 0.2) is 18.2 Å². The van der Waals surface area contributed by atoms with E-state index in [-0.39, 0.29) is 24.5 Å². The molecule has 0 bridgehead atoms. The van der Waals surface area contributed by atoms with Gasteiger partial charge in [0.15, 0.2) is 0 Å². The summed E-state index contributed by atoms with van der Waals surface area (Å²) in [6.45, 7) is -0.648. The second kappa shape index (κ2) is 4.43. The third-order valence-corrected chi connectivity index (χ3v) is 1.70. The van der Waals surface area contributed by atoms with E-state index >= 15 is 0 Å². The fourth-order valence-corrected chi connectivity index (χ4v) is 1.01. The van der Waals surface area contributed by atoms with Crippen molar-refractivity contribution in [2.75, 3.05) is 0 Å². The highest BCUT2D eigenvalue weighted by Gasteiger charge is 2.07. The van der Waals surface area contributed by atoms with Crippen molar-refractivity contribution < 1.29 is 20.1 Å². The summed E-state index contributed by atoms with van der Waals surface area (Å²) >= 11 is 0. The van der Waals surface area contributed by atoms with Crippen molar-refractivity contribution in [3.63, 3.8) is 0 Å². The summed E-state index contributed by atoms with van der Waals surface area (Å²) in [4.78, 5) is 14.0. The molecule has 0 spiro atoms. The summed E-state index contributed by atoms with van der Waals surface area (Å²) in [6, 6.07) is 4.58. The molecule has 6 heteroatoms. The van der Waals surface area contributed by atoms with Crippen molar-refractivity contribution in [2.24, 2.45) is 0 Å². The van der Waals surface area contributed by atoms with E-state index < -0.39 is 5.09 Å². The third kappa shape index (κ3) is 2.33. The van der Waals surface area contributed by atoms with Gasteiger partial charge in [0, 0.05) is 11.1 Å². The Morgan fingerprint density at radius 2 is 2.07 bits per heavy atom. The van der Waals surface area contributed by atoms with Crippen molar-refractivity contribution >= 4 is 0 Å². The number of para-hydroxylation sites is 1. The van der Waals surface area contributed by atoms with Crippen LogP contribution in [0, 0.1) is 10.1 Å². The quantitative estimate of drug-likeness (QED) is 0.546. The van der Waals surface area contributed by atoms with E-state index in [0.29, 0.717) is 5.56 Å². The first-order chi connectivity index (χ1) is 6.65. The Kier molecular flexibility index (Phi) is 3.24. The highest BCUT2D eigenvalue weighted by Crippen LogP contribution is 2.22. The van der Waals surface area contributed by atoms with E-state index in [1.165, 1.54) is 12.1 Å². The predicted octanol–water partition coefficient (Wildman–Crippen LogP) is 0.593. The molecule has 1 aromatic rings. The Labute approximate surface area is 79.5 Å². The minimum atomic E-state index is -0.939. The van der Waals surface area contributed by atoms with E-state index in [1.807, 2.05) is 0 Å². The topological polar surface area (TPSA) is 92.8 Å². The van der Waals surface area contributed by atoms with Crippen molar-refractivity contribution in [3.8, 4) is 5.75 Å². The minimum absolute atomic E-state index is 0.170. The summed E-state index contributed by atoms with van der Waals surface area (Å²) in [5, 5.41) is 27.2. The Bertz CT molecular complexity index is 339. The SMILES string of the molecule is O=[N+]([O-])OCc1cccc(CO)c1O. The first-order valence-corrected chi connectivity index (χ1v) is 3.83. The first kappa shape index (κ1) is 10.3. The average molecular weight is 199 g/mol. The number of nitrogens with zero attached hydrogens (tertiary/aromatic N) is 1. The van der Waals surface area contributed by atoms with Gasteiger partial charge in [-0.15, -0.1) is 10.1 Å². The number of hydrogen-bond acceptors (Lipinski definition) is 5. The number of benzene rings is 1. The normalized spacial score (nSPS) is 9.79. The second-order valence-corrected chi connectivity index (χ2v) is 2.58. The van der Waals surface area contributed by atoms with Crippen molar-refractivity contribution in [3.05, 3.63) is 39.4 Å². The van der Waals surface area contributed by atoms with Crippen LogP contribution in [0.25, 0.3) is 0 Å². The van der Waals surface area contributed by atoms with Crippen molar-refractivity contribution in [1.29, 1.82) is 0 Å². The number of rotatable bonds is 4. The Hall–Kier alpha value is -1.82. The molecule has 0 aliphatic rings. The molecule has 0 aliphatic heterocycles. The van der Waals surface area contributed by atoms with Crippen LogP contribution in [0.2, 0.25) is 0 Å². The fourth-order valence-electron chi connectivity index (χ4n) is 1.01. The molecule has 14 heavy (non-hydrogen) atoms. The zero-order valence-electron chi connectivity index (χ0n) is 7.21. The lowest BCUT2D eigenvalue weighted by molar-refractivity contribution is -0.763. The molecule has 0 amide bonds. The van der Waals surface area contributed by atoms with Crippen LogP contribution in [0.3, 0.4) is 0 Å². The molecule has 2 N–H and O–H groups in total. The third-order valence-electron chi connectivity index (χ3n) is 1.70. The van der Waals surface area contributed by atoms with Gasteiger partial charge in [-0.1, -0.05) is 18.2 Å². The Morgan fingerprint density at radius 3 is 2.64 bits per heavy atom. The molecule has 0 fully saturated rings. The number of aromatic hydroxyl groups is 1. The molecule has 0 saturated heterocycles. The van der Waals surface area contributed by atoms with Crippen LogP contribution < -0.4 is 0 Å². The Balaban J connectivity index is 2.81. The van der Waals surface area contributed by atoms with Gasteiger partial charge in [-0.25, -0.2) is 0 Å². The van der Waals surface area contributed by atoms with Gasteiger partial charge in [0.2, 0.25) is 0 Å². The maximum Gasteiger partial charge on any atom is 0.294 e. The number of aliphatic hydroxyl groups excluding tert-OH is 1. The van der Waals surface area contributed by atoms with Crippen LogP contribution in [0.5, 0.6) is 5.75 Å². The van der Waals surface area contributed by atoms with Gasteiger partial charge in [0.05, 0.1) is 6.61 Å². The molecule has 0 aliphatic carbocycles. The number of phenols is 1. The predicted molar refractivity (Wildman–Crippen MR) is 45.8 cm³/mol. The molecule has 76 valence electrons. The molecule has 0 radical (unpaired) electrons. The lowest BCUT2D eigenvalue weighted by Gasteiger charge is -2.06. The highest BCUT2D eigenvalue weighted by atomic mass is 16.9. The molecule has 1 aromatic carbocycles. The van der Waals surface area contributed by atoms with Gasteiger partial charge in [-0.3, -0.25) is 0 Å². The lowest BCUT2D eigenvalue weighted by atomic mass is 10.1. The van der Waals surface area contributed by atoms with Gasteiger partial charge in [-0.2, -0.15) is 0 Å². The molecule has 6 nitrogen and oxygen atoms in total. The minimum Gasteiger partial charge on any atom is -0.507 e. The summed E-state index contributed by atoms with van der Waals surface area (Å²) in [6.07, 6.45) is 0. The van der Waals surface area contributed by atoms with Crippen molar-refractivity contribution in [1.82, 2.24) is 0 Å². The van der Waals surface area contributed by atoms with E-state index in [4.69, 9.17) is 5.11 Å². The van der Waals surface area contributed by atoms with E-state index in [2.05, 4.69) is 4.84 Å². The van der Waals surface area contributed by atoms with E-state index in [9.17, 15) is 15.2 Å². The molecular weight excluding hydrogens is 190 g/mol. The summed E-state index contributed by atoms with van der Waals surface area (Å²) in [5.41, 5.74) is 0.586. The zero-order chi connectivity index (χ0) is 10.6. The van der Waals surface area contributed by atoms with E-state index in [1.54, 1.807) is 6.07 Å². The van der Waals surface area contributed by atoms with Gasteiger partial charge < -0.3 is 15.1 Å². The van der Waals surface area contributed by atoms with Gasteiger partial charge >= 0.3 is 0 Å². The standard InChI is InChI=1S/C8H9NO5/c10-4-6-2-1-3-7(8(6)11)5-14-9(12)13/h1-3,10-11H,4-5H2. The monoisotopic (exact) mass is 199 g/mol. The van der Waals surface area contributed by atoms with Crippen LogP contribution in [-0.4, -0.2) is 15.3 Å². The van der Waals surface area contributed by atoms with Gasteiger partial charge in [0.25, 0.3) is 5.09 Å². The van der Waals surface area contributed by atoms with Gasteiger partial charge in [0.1, 0.15) is 12.4 Å². The zero-order valence-corrected chi connectivity index (χ0v) is 7.21. The Morgan fingerprint density at radius 1 is 1.43 bits per heavy atom. The van der Waals surface area contributed by atoms with Crippen LogP contribution in [0.1, 0.15) is 11.1 Å².